The summed E-state index contributed by atoms with van der Waals surface area (Å²) in [7, 11) is 2.19. The fraction of sp³-hybridized carbons (Fsp3) is 0.625. The molecule has 1 unspecified atom stereocenters. The Balaban J connectivity index is 1.39. The summed E-state index contributed by atoms with van der Waals surface area (Å²) >= 11 is 0. The molecule has 2 aromatic heterocycles. The van der Waals surface area contributed by atoms with E-state index in [4.69, 9.17) is 15.0 Å². The number of aryl methyl sites for hydroxylation is 2. The van der Waals surface area contributed by atoms with Crippen LogP contribution in [0, 0.1) is 12.8 Å². The lowest BCUT2D eigenvalue weighted by Crippen LogP contribution is -2.45. The molecule has 0 N–H and O–H groups in total. The summed E-state index contributed by atoms with van der Waals surface area (Å²) in [5, 5.41) is 0. The van der Waals surface area contributed by atoms with Crippen LogP contribution in [0.3, 0.4) is 0 Å². The van der Waals surface area contributed by atoms with Gasteiger partial charge in [-0.3, -0.25) is 9.88 Å². The summed E-state index contributed by atoms with van der Waals surface area (Å²) < 4.78 is 0. The summed E-state index contributed by atoms with van der Waals surface area (Å²) in [5.41, 5.74) is 3.89. The number of anilines is 1. The Kier molecular flexibility index (Phi) is 5.70. The Morgan fingerprint density at radius 2 is 1.93 bits per heavy atom. The van der Waals surface area contributed by atoms with Crippen molar-refractivity contribution in [3.8, 4) is 0 Å². The summed E-state index contributed by atoms with van der Waals surface area (Å²) in [4.78, 5) is 21.9. The summed E-state index contributed by atoms with van der Waals surface area (Å²) in [6.45, 7) is 8.35. The molecule has 3 heterocycles. The molecule has 0 radical (unpaired) electrons. The van der Waals surface area contributed by atoms with E-state index in [1.165, 1.54) is 36.9 Å². The Morgan fingerprint density at radius 3 is 2.73 bits per heavy atom. The zero-order valence-electron chi connectivity index (χ0n) is 18.4. The highest BCUT2D eigenvalue weighted by molar-refractivity contribution is 5.40. The van der Waals surface area contributed by atoms with Crippen LogP contribution in [-0.2, 0) is 13.0 Å². The number of rotatable bonds is 6. The van der Waals surface area contributed by atoms with E-state index in [0.717, 1.165) is 68.9 Å². The fourth-order valence-electron chi connectivity index (χ4n) is 4.97. The van der Waals surface area contributed by atoms with Crippen molar-refractivity contribution in [1.82, 2.24) is 24.8 Å². The molecule has 0 amide bonds. The van der Waals surface area contributed by atoms with Crippen LogP contribution in [-0.4, -0.2) is 64.5 Å². The molecule has 0 spiro atoms. The van der Waals surface area contributed by atoms with Crippen LogP contribution in [0.5, 0.6) is 0 Å². The molecular formula is C24H34N6. The SMILES string of the molecule is Cc1nc(CN(CC2CC2)C2CCCc3cccnc32)cc(N2CCN(C)CC2)n1. The van der Waals surface area contributed by atoms with Crippen LogP contribution in [0.25, 0.3) is 0 Å². The highest BCUT2D eigenvalue weighted by atomic mass is 15.3. The van der Waals surface area contributed by atoms with Gasteiger partial charge >= 0.3 is 0 Å². The highest BCUT2D eigenvalue weighted by Gasteiger charge is 2.32. The van der Waals surface area contributed by atoms with Crippen LogP contribution in [0.2, 0.25) is 0 Å². The lowest BCUT2D eigenvalue weighted by molar-refractivity contribution is 0.156. The van der Waals surface area contributed by atoms with E-state index >= 15 is 0 Å². The number of likely N-dealkylation sites (N-methyl/N-ethyl adjacent to an activating group) is 1. The third-order valence-corrected chi connectivity index (χ3v) is 6.87. The number of fused-ring (bicyclic) bond motifs is 1. The molecule has 1 atom stereocenters. The van der Waals surface area contributed by atoms with Crippen molar-refractivity contribution in [2.24, 2.45) is 5.92 Å². The van der Waals surface area contributed by atoms with Crippen molar-refractivity contribution in [1.29, 1.82) is 0 Å². The molecule has 2 aromatic rings. The Morgan fingerprint density at radius 1 is 1.10 bits per heavy atom. The molecule has 3 aliphatic rings. The van der Waals surface area contributed by atoms with Crippen LogP contribution in [0.4, 0.5) is 5.82 Å². The zero-order chi connectivity index (χ0) is 20.5. The maximum atomic E-state index is 4.85. The normalized spacial score (nSPS) is 22.4. The van der Waals surface area contributed by atoms with Gasteiger partial charge in [-0.15, -0.1) is 0 Å². The number of nitrogens with zero attached hydrogens (tertiary/aromatic N) is 6. The Bertz CT molecular complexity index is 872. The number of pyridine rings is 1. The predicted octanol–water partition coefficient (Wildman–Crippen LogP) is 3.22. The Labute approximate surface area is 180 Å². The second-order valence-electron chi connectivity index (χ2n) is 9.38. The lowest BCUT2D eigenvalue weighted by Gasteiger charge is -2.35. The second kappa shape index (κ2) is 8.60. The molecule has 2 aliphatic carbocycles. The first-order chi connectivity index (χ1) is 14.7. The van der Waals surface area contributed by atoms with E-state index in [0.29, 0.717) is 6.04 Å². The average Bonchev–Trinajstić information content (AvgIpc) is 3.57. The van der Waals surface area contributed by atoms with E-state index in [9.17, 15) is 0 Å². The van der Waals surface area contributed by atoms with Crippen molar-refractivity contribution in [2.75, 3.05) is 44.7 Å². The van der Waals surface area contributed by atoms with Crippen molar-refractivity contribution < 1.29 is 0 Å². The maximum Gasteiger partial charge on any atom is 0.132 e. The van der Waals surface area contributed by atoms with E-state index in [2.05, 4.69) is 39.9 Å². The number of hydrogen-bond acceptors (Lipinski definition) is 6. The van der Waals surface area contributed by atoms with E-state index in [1.807, 2.05) is 13.1 Å². The predicted molar refractivity (Wildman–Crippen MR) is 120 cm³/mol. The summed E-state index contributed by atoms with van der Waals surface area (Å²) in [5.74, 6) is 2.83. The topological polar surface area (TPSA) is 48.4 Å². The van der Waals surface area contributed by atoms with E-state index in [-0.39, 0.29) is 0 Å². The largest absolute Gasteiger partial charge is 0.354 e. The molecule has 5 rings (SSSR count). The monoisotopic (exact) mass is 406 g/mol. The summed E-state index contributed by atoms with van der Waals surface area (Å²) in [6.07, 6.45) is 8.32. The third kappa shape index (κ3) is 4.49. The molecule has 6 heteroatoms. The fourth-order valence-corrected chi connectivity index (χ4v) is 4.97. The molecule has 1 saturated heterocycles. The first kappa shape index (κ1) is 19.9. The van der Waals surface area contributed by atoms with E-state index in [1.54, 1.807) is 0 Å². The first-order valence-electron chi connectivity index (χ1n) is 11.6. The number of aromatic nitrogens is 3. The van der Waals surface area contributed by atoms with Crippen LogP contribution >= 0.6 is 0 Å². The molecule has 0 aromatic carbocycles. The van der Waals surface area contributed by atoms with Crippen molar-refractivity contribution in [3.05, 3.63) is 47.2 Å². The van der Waals surface area contributed by atoms with Gasteiger partial charge in [-0.2, -0.15) is 0 Å². The quantitative estimate of drug-likeness (QED) is 0.734. The van der Waals surface area contributed by atoms with Crippen molar-refractivity contribution in [3.63, 3.8) is 0 Å². The van der Waals surface area contributed by atoms with Gasteiger partial charge in [0.1, 0.15) is 11.6 Å². The van der Waals surface area contributed by atoms with Crippen molar-refractivity contribution >= 4 is 5.82 Å². The molecule has 160 valence electrons. The minimum Gasteiger partial charge on any atom is -0.354 e. The summed E-state index contributed by atoms with van der Waals surface area (Å²) in [6, 6.07) is 7.01. The van der Waals surface area contributed by atoms with Crippen LogP contribution in [0.1, 0.15) is 54.5 Å². The van der Waals surface area contributed by atoms with E-state index < -0.39 is 0 Å². The molecule has 2 fully saturated rings. The van der Waals surface area contributed by atoms with Gasteiger partial charge < -0.3 is 9.80 Å². The second-order valence-corrected chi connectivity index (χ2v) is 9.38. The number of piperazine rings is 1. The average molecular weight is 407 g/mol. The molecule has 0 bridgehead atoms. The number of hydrogen-bond donors (Lipinski definition) is 0. The van der Waals surface area contributed by atoms with Gasteiger partial charge in [-0.25, -0.2) is 9.97 Å². The van der Waals surface area contributed by atoms with Gasteiger partial charge in [0.2, 0.25) is 0 Å². The molecular weight excluding hydrogens is 372 g/mol. The lowest BCUT2D eigenvalue weighted by atomic mass is 9.90. The zero-order valence-corrected chi connectivity index (χ0v) is 18.4. The smallest absolute Gasteiger partial charge is 0.132 e. The Hall–Kier alpha value is -2.05. The molecule has 1 aliphatic heterocycles. The molecule has 1 saturated carbocycles. The third-order valence-electron chi connectivity index (χ3n) is 6.87. The minimum absolute atomic E-state index is 0.415. The highest BCUT2D eigenvalue weighted by Crippen LogP contribution is 2.38. The van der Waals surface area contributed by atoms with Crippen LogP contribution < -0.4 is 4.90 Å². The van der Waals surface area contributed by atoms with Gasteiger partial charge in [0, 0.05) is 51.5 Å². The van der Waals surface area contributed by atoms with Crippen molar-refractivity contribution in [2.45, 2.75) is 51.6 Å². The van der Waals surface area contributed by atoms with Gasteiger partial charge in [0.05, 0.1) is 17.4 Å². The van der Waals surface area contributed by atoms with Crippen LogP contribution in [0.15, 0.2) is 24.4 Å². The molecule has 30 heavy (non-hydrogen) atoms. The van der Waals surface area contributed by atoms with Gasteiger partial charge in [0.25, 0.3) is 0 Å². The standard InChI is InChI=1S/C24H34N6/c1-18-26-21(15-23(27-18)29-13-11-28(2)12-14-29)17-30(16-19-8-9-19)22-7-3-5-20-6-4-10-25-24(20)22/h4,6,10,15,19,22H,3,5,7-9,11-14,16-17H2,1-2H3. The molecule has 6 nitrogen and oxygen atoms in total. The van der Waals surface area contributed by atoms with Gasteiger partial charge in [-0.1, -0.05) is 6.07 Å². The first-order valence-corrected chi connectivity index (χ1v) is 11.6. The van der Waals surface area contributed by atoms with Gasteiger partial charge in [0.15, 0.2) is 0 Å². The van der Waals surface area contributed by atoms with Gasteiger partial charge in [-0.05, 0) is 63.6 Å². The maximum absolute atomic E-state index is 4.85. The minimum atomic E-state index is 0.415.